The van der Waals surface area contributed by atoms with E-state index in [1.54, 1.807) is 62.8 Å². The van der Waals surface area contributed by atoms with Gasteiger partial charge in [-0.2, -0.15) is 0 Å². The summed E-state index contributed by atoms with van der Waals surface area (Å²) in [5.41, 5.74) is 2.93. The van der Waals surface area contributed by atoms with Crippen molar-refractivity contribution in [3.63, 3.8) is 0 Å². The number of rotatable bonds is 7. The summed E-state index contributed by atoms with van der Waals surface area (Å²) < 4.78 is 38.2. The van der Waals surface area contributed by atoms with Crippen molar-refractivity contribution in [3.05, 3.63) is 72.3 Å². The molecule has 0 saturated heterocycles. The summed E-state index contributed by atoms with van der Waals surface area (Å²) >= 11 is 0. The molecule has 0 aromatic heterocycles. The number of aryl methyl sites for hydroxylation is 1. The van der Waals surface area contributed by atoms with E-state index in [4.69, 9.17) is 9.47 Å². The molecule has 0 aliphatic heterocycles. The Morgan fingerprint density at radius 1 is 0.821 bits per heavy atom. The van der Waals surface area contributed by atoms with Crippen molar-refractivity contribution in [1.82, 2.24) is 0 Å². The van der Waals surface area contributed by atoms with Gasteiger partial charge in [0.2, 0.25) is 0 Å². The Kier molecular flexibility index (Phi) is 5.75. The van der Waals surface area contributed by atoms with Crippen LogP contribution in [0.25, 0.3) is 0 Å². The summed E-state index contributed by atoms with van der Waals surface area (Å²) in [4.78, 5) is 0.234. The summed E-state index contributed by atoms with van der Waals surface area (Å²) in [5, 5.41) is 3.25. The molecule has 0 aliphatic rings. The van der Waals surface area contributed by atoms with Crippen LogP contribution in [0.2, 0.25) is 0 Å². The van der Waals surface area contributed by atoms with Gasteiger partial charge in [-0.15, -0.1) is 0 Å². The first-order valence-electron chi connectivity index (χ1n) is 8.60. The highest BCUT2D eigenvalue weighted by Gasteiger charge is 2.14. The van der Waals surface area contributed by atoms with Gasteiger partial charge in [0, 0.05) is 17.4 Å². The van der Waals surface area contributed by atoms with Crippen molar-refractivity contribution in [1.29, 1.82) is 0 Å². The SMILES string of the molecule is COc1ccc(Nc2ccc(NS(=O)(=O)c3cccc(C)c3)cc2)c(OC)c1. The number of hydrogen-bond acceptors (Lipinski definition) is 5. The molecule has 0 amide bonds. The summed E-state index contributed by atoms with van der Waals surface area (Å²) in [7, 11) is -0.448. The highest BCUT2D eigenvalue weighted by molar-refractivity contribution is 7.92. The summed E-state index contributed by atoms with van der Waals surface area (Å²) in [5.74, 6) is 1.34. The van der Waals surface area contributed by atoms with Crippen LogP contribution >= 0.6 is 0 Å². The van der Waals surface area contributed by atoms with Gasteiger partial charge in [-0.1, -0.05) is 12.1 Å². The number of nitrogens with one attached hydrogen (secondary N) is 2. The van der Waals surface area contributed by atoms with Crippen LogP contribution in [0.5, 0.6) is 11.5 Å². The van der Waals surface area contributed by atoms with Gasteiger partial charge in [0.05, 0.1) is 24.8 Å². The predicted octanol–water partition coefficient (Wildman–Crippen LogP) is 4.56. The minimum atomic E-state index is -3.63. The third kappa shape index (κ3) is 4.55. The molecule has 0 aliphatic carbocycles. The molecule has 2 N–H and O–H groups in total. The zero-order valence-electron chi connectivity index (χ0n) is 15.9. The number of methoxy groups -OCH3 is 2. The third-order valence-electron chi connectivity index (χ3n) is 4.12. The largest absolute Gasteiger partial charge is 0.497 e. The molecule has 3 aromatic rings. The lowest BCUT2D eigenvalue weighted by molar-refractivity contribution is 0.395. The maximum absolute atomic E-state index is 12.5. The van der Waals surface area contributed by atoms with Crippen molar-refractivity contribution in [2.45, 2.75) is 11.8 Å². The van der Waals surface area contributed by atoms with Crippen LogP contribution in [0.4, 0.5) is 17.1 Å². The molecule has 3 rings (SSSR count). The summed E-state index contributed by atoms with van der Waals surface area (Å²) in [6, 6.07) is 19.2. The van der Waals surface area contributed by atoms with Gasteiger partial charge in [0.25, 0.3) is 10.0 Å². The van der Waals surface area contributed by atoms with Crippen LogP contribution in [-0.2, 0) is 10.0 Å². The fourth-order valence-corrected chi connectivity index (χ4v) is 3.84. The first-order valence-corrected chi connectivity index (χ1v) is 10.1. The van der Waals surface area contributed by atoms with Crippen molar-refractivity contribution in [2.24, 2.45) is 0 Å². The number of hydrogen-bond donors (Lipinski definition) is 2. The van der Waals surface area contributed by atoms with Crippen LogP contribution in [0.3, 0.4) is 0 Å². The minimum Gasteiger partial charge on any atom is -0.497 e. The van der Waals surface area contributed by atoms with Crippen LogP contribution < -0.4 is 19.5 Å². The Balaban J connectivity index is 1.75. The first kappa shape index (κ1) is 19.6. The molecule has 0 unspecified atom stereocenters. The normalized spacial score (nSPS) is 11.0. The van der Waals surface area contributed by atoms with E-state index in [9.17, 15) is 8.42 Å². The fraction of sp³-hybridized carbons (Fsp3) is 0.143. The Morgan fingerprint density at radius 2 is 1.54 bits per heavy atom. The smallest absolute Gasteiger partial charge is 0.261 e. The van der Waals surface area contributed by atoms with Gasteiger partial charge in [0.15, 0.2) is 0 Å². The van der Waals surface area contributed by atoms with Crippen molar-refractivity contribution in [2.75, 3.05) is 24.3 Å². The second-order valence-electron chi connectivity index (χ2n) is 6.19. The standard InChI is InChI=1S/C21H22N2O4S/c1-15-5-4-6-19(13-15)28(24,25)23-17-9-7-16(8-10-17)22-20-12-11-18(26-2)14-21(20)27-3/h4-14,22-23H,1-3H3. The van der Waals surface area contributed by atoms with Gasteiger partial charge in [0.1, 0.15) is 11.5 Å². The van der Waals surface area contributed by atoms with Crippen LogP contribution in [0, 0.1) is 6.92 Å². The van der Waals surface area contributed by atoms with Gasteiger partial charge >= 0.3 is 0 Å². The van der Waals surface area contributed by atoms with Gasteiger partial charge in [-0.25, -0.2) is 8.42 Å². The van der Waals surface area contributed by atoms with Crippen molar-refractivity contribution >= 4 is 27.1 Å². The molecular formula is C21H22N2O4S. The van der Waals surface area contributed by atoms with Crippen molar-refractivity contribution < 1.29 is 17.9 Å². The molecule has 0 saturated carbocycles. The van der Waals surface area contributed by atoms with E-state index in [1.807, 2.05) is 25.1 Å². The third-order valence-corrected chi connectivity index (χ3v) is 5.50. The second kappa shape index (κ2) is 8.22. The molecule has 3 aromatic carbocycles. The Hall–Kier alpha value is -3.19. The lowest BCUT2D eigenvalue weighted by Crippen LogP contribution is -2.13. The molecule has 0 heterocycles. The molecule has 28 heavy (non-hydrogen) atoms. The molecule has 146 valence electrons. The highest BCUT2D eigenvalue weighted by atomic mass is 32.2. The number of anilines is 3. The quantitative estimate of drug-likeness (QED) is 0.610. The minimum absolute atomic E-state index is 0.234. The topological polar surface area (TPSA) is 76.7 Å². The van der Waals surface area contributed by atoms with Gasteiger partial charge in [-0.05, 0) is 61.0 Å². The van der Waals surface area contributed by atoms with Crippen LogP contribution in [0.15, 0.2) is 71.6 Å². The number of sulfonamides is 1. The molecule has 7 heteroatoms. The summed E-state index contributed by atoms with van der Waals surface area (Å²) in [6.07, 6.45) is 0. The molecular weight excluding hydrogens is 376 g/mol. The molecule has 0 fully saturated rings. The van der Waals surface area contributed by atoms with E-state index in [-0.39, 0.29) is 4.90 Å². The maximum Gasteiger partial charge on any atom is 0.261 e. The monoisotopic (exact) mass is 398 g/mol. The zero-order chi connectivity index (χ0) is 20.1. The average Bonchev–Trinajstić information content (AvgIpc) is 2.69. The van der Waals surface area contributed by atoms with E-state index in [0.717, 1.165) is 16.9 Å². The predicted molar refractivity (Wildman–Crippen MR) is 111 cm³/mol. The Labute approximate surface area is 165 Å². The second-order valence-corrected chi connectivity index (χ2v) is 7.87. The number of ether oxygens (including phenoxy) is 2. The summed E-state index contributed by atoms with van der Waals surface area (Å²) in [6.45, 7) is 1.85. The maximum atomic E-state index is 12.5. The van der Waals surface area contributed by atoms with E-state index in [2.05, 4.69) is 10.0 Å². The Morgan fingerprint density at radius 3 is 2.18 bits per heavy atom. The zero-order valence-corrected chi connectivity index (χ0v) is 16.7. The van der Waals surface area contributed by atoms with E-state index < -0.39 is 10.0 Å². The molecule has 0 radical (unpaired) electrons. The first-order chi connectivity index (χ1) is 13.4. The van der Waals surface area contributed by atoms with Crippen molar-refractivity contribution in [3.8, 4) is 11.5 Å². The fourth-order valence-electron chi connectivity index (χ4n) is 2.68. The highest BCUT2D eigenvalue weighted by Crippen LogP contribution is 2.31. The van der Waals surface area contributed by atoms with E-state index in [0.29, 0.717) is 17.2 Å². The molecule has 0 spiro atoms. The molecule has 0 bridgehead atoms. The van der Waals surface area contributed by atoms with E-state index in [1.165, 1.54) is 0 Å². The number of benzene rings is 3. The molecule has 6 nitrogen and oxygen atoms in total. The molecule has 0 atom stereocenters. The van der Waals surface area contributed by atoms with Gasteiger partial charge in [-0.3, -0.25) is 4.72 Å². The lowest BCUT2D eigenvalue weighted by atomic mass is 10.2. The Bertz CT molecular complexity index is 1060. The van der Waals surface area contributed by atoms with Gasteiger partial charge < -0.3 is 14.8 Å². The average molecular weight is 398 g/mol. The van der Waals surface area contributed by atoms with E-state index >= 15 is 0 Å². The van der Waals surface area contributed by atoms with Crippen LogP contribution in [0.1, 0.15) is 5.56 Å². The van der Waals surface area contributed by atoms with Crippen LogP contribution in [-0.4, -0.2) is 22.6 Å². The lowest BCUT2D eigenvalue weighted by Gasteiger charge is -2.13.